The van der Waals surface area contributed by atoms with Gasteiger partial charge >= 0.3 is 5.97 Å². The van der Waals surface area contributed by atoms with Crippen molar-refractivity contribution in [2.75, 3.05) is 33.8 Å². The number of nitrogens with one attached hydrogen (secondary N) is 2. The zero-order chi connectivity index (χ0) is 46.5. The van der Waals surface area contributed by atoms with Gasteiger partial charge in [0.05, 0.1) is 12.3 Å². The Morgan fingerprint density at radius 1 is 1.06 bits per heavy atom. The minimum atomic E-state index is -1.15. The molecule has 2 aromatic heterocycles. The Morgan fingerprint density at radius 2 is 1.79 bits per heavy atom. The zero-order valence-electron chi connectivity index (χ0n) is 40.2. The van der Waals surface area contributed by atoms with E-state index < -0.39 is 41.3 Å². The molecule has 0 saturated carbocycles. The highest BCUT2D eigenvalue weighted by Gasteiger charge is 2.37. The monoisotopic (exact) mass is 977 g/mol. The standard InChI is InChI=1S/C50H65N7O7.3H2S/c1-10-39-36(16-13-21-51-39)46-38-29-50(6,7)30-64-49(63)40-17-14-23-57(53-40)48(62)41(52-47(61)45(31(4)5)55(9)44(60)18-15-22-54(8)43(59)11-2)26-32-24-34(27-35(58)25-32)33-19-20-42(37(38)28-33)56(46)12-3;;;/h11,13,16,19-21,24-25,27-28,31,40-41,45,53,58H,2,10,12,14-15,17-18,22-23,26,29-30H2,1,3-9H3,(H,52,61);3*1H2/t40-,41-,45-;;;/m0.../s1. The van der Waals surface area contributed by atoms with Gasteiger partial charge in [-0.1, -0.05) is 53.3 Å². The molecule has 1 saturated heterocycles. The van der Waals surface area contributed by atoms with Crippen LogP contribution in [0.15, 0.2) is 67.4 Å². The van der Waals surface area contributed by atoms with Gasteiger partial charge in [0.2, 0.25) is 17.7 Å². The molecule has 4 aromatic rings. The number of carbonyl (C=O) groups excluding carboxylic acids is 5. The second-order valence-corrected chi connectivity index (χ2v) is 18.3. The van der Waals surface area contributed by atoms with Crippen LogP contribution in [0.25, 0.3) is 33.3 Å². The average Bonchev–Trinajstić information content (AvgIpc) is 3.57. The lowest BCUT2D eigenvalue weighted by atomic mass is 9.84. The summed E-state index contributed by atoms with van der Waals surface area (Å²) in [7, 11) is 3.21. The van der Waals surface area contributed by atoms with Crippen LogP contribution in [0, 0.1) is 11.3 Å². The second kappa shape index (κ2) is 24.4. The van der Waals surface area contributed by atoms with Crippen molar-refractivity contribution in [3.63, 3.8) is 0 Å². The number of hydrogen-bond donors (Lipinski definition) is 3. The SMILES string of the molecule is C=CC(=O)N(C)CCCC(=O)N(C)[C@H](C(=O)N[C@H]1Cc2cc(O)cc(c2)-c2ccc3c(c2)c(c(-c2cccnc2CC)n3CC)CC(C)(C)COC(=O)[C@@H]2CCCN(N2)C1=O)C(C)C.S.S.S. The summed E-state index contributed by atoms with van der Waals surface area (Å²) >= 11 is 0. The van der Waals surface area contributed by atoms with Gasteiger partial charge in [-0.15, -0.1) is 0 Å². The van der Waals surface area contributed by atoms with Gasteiger partial charge in [0.1, 0.15) is 23.9 Å². The molecule has 4 amide bonds. The topological polar surface area (TPSA) is 166 Å². The van der Waals surface area contributed by atoms with Crippen LogP contribution in [0.3, 0.4) is 0 Å². The van der Waals surface area contributed by atoms with Crippen molar-refractivity contribution in [3.8, 4) is 28.1 Å². The maximum atomic E-state index is 14.6. The van der Waals surface area contributed by atoms with Gasteiger partial charge in [-0.25, -0.2) is 5.43 Å². The predicted octanol–water partition coefficient (Wildman–Crippen LogP) is 6.55. The Bertz CT molecular complexity index is 2420. The third kappa shape index (κ3) is 13.0. The van der Waals surface area contributed by atoms with Crippen LogP contribution in [-0.2, 0) is 54.5 Å². The van der Waals surface area contributed by atoms with E-state index in [-0.39, 0.29) is 90.0 Å². The van der Waals surface area contributed by atoms with Gasteiger partial charge in [-0.3, -0.25) is 34.0 Å². The van der Waals surface area contributed by atoms with Crippen molar-refractivity contribution in [1.29, 1.82) is 0 Å². The Balaban J connectivity index is 0.00000397. The molecule has 2 aliphatic rings. The largest absolute Gasteiger partial charge is 0.508 e. The maximum Gasteiger partial charge on any atom is 0.324 e. The number of hydrazine groups is 1. The van der Waals surface area contributed by atoms with Crippen molar-refractivity contribution in [3.05, 3.63) is 84.2 Å². The number of aromatic nitrogens is 2. The molecule has 17 heteroatoms. The summed E-state index contributed by atoms with van der Waals surface area (Å²) in [6.45, 7) is 17.0. The molecule has 0 unspecified atom stereocenters. The molecule has 0 aliphatic carbocycles. The minimum absolute atomic E-state index is 0. The van der Waals surface area contributed by atoms with Crippen LogP contribution in [0.4, 0.5) is 0 Å². The highest BCUT2D eigenvalue weighted by atomic mass is 32.1. The van der Waals surface area contributed by atoms with E-state index in [0.29, 0.717) is 44.3 Å². The van der Waals surface area contributed by atoms with E-state index in [1.807, 2.05) is 38.2 Å². The van der Waals surface area contributed by atoms with Gasteiger partial charge in [0, 0.05) is 80.3 Å². The van der Waals surface area contributed by atoms with E-state index >= 15 is 0 Å². The van der Waals surface area contributed by atoms with Crippen molar-refractivity contribution < 1.29 is 33.8 Å². The number of cyclic esters (lactones) is 1. The Hall–Kier alpha value is -4.97. The van der Waals surface area contributed by atoms with Crippen molar-refractivity contribution in [2.24, 2.45) is 11.3 Å². The number of pyridine rings is 1. The lowest BCUT2D eigenvalue weighted by Gasteiger charge is -2.36. The number of aromatic hydroxyl groups is 1. The number of amides is 4. The van der Waals surface area contributed by atoms with Gasteiger partial charge < -0.3 is 29.5 Å². The van der Waals surface area contributed by atoms with E-state index in [0.717, 1.165) is 51.0 Å². The molecular weight excluding hydrogens is 907 g/mol. The van der Waals surface area contributed by atoms with Gasteiger partial charge in [0.15, 0.2) is 0 Å². The molecule has 3 atom stereocenters. The number of phenols is 1. The first-order chi connectivity index (χ1) is 30.5. The molecule has 67 heavy (non-hydrogen) atoms. The lowest BCUT2D eigenvalue weighted by molar-refractivity contribution is -0.155. The summed E-state index contributed by atoms with van der Waals surface area (Å²) in [5, 5.41) is 16.7. The summed E-state index contributed by atoms with van der Waals surface area (Å²) in [6, 6.07) is 12.7. The molecule has 4 heterocycles. The van der Waals surface area contributed by atoms with Gasteiger partial charge in [-0.2, -0.15) is 40.5 Å². The van der Waals surface area contributed by atoms with Gasteiger partial charge in [-0.05, 0) is 110 Å². The van der Waals surface area contributed by atoms with Crippen LogP contribution < -0.4 is 10.7 Å². The van der Waals surface area contributed by atoms with E-state index in [1.165, 1.54) is 20.9 Å². The summed E-state index contributed by atoms with van der Waals surface area (Å²) < 4.78 is 8.41. The molecular formula is C50H71N7O7S3. The average molecular weight is 978 g/mol. The number of hydrogen-bond acceptors (Lipinski definition) is 9. The number of likely N-dealkylation sites (N-methyl/N-ethyl adjacent to an activating group) is 2. The lowest BCUT2D eigenvalue weighted by Crippen LogP contribution is -2.62. The van der Waals surface area contributed by atoms with E-state index in [1.54, 1.807) is 26.2 Å². The molecule has 1 fully saturated rings. The predicted molar refractivity (Wildman–Crippen MR) is 279 cm³/mol. The number of phenolic OH excluding ortho intramolecular Hbond substituents is 1. The summed E-state index contributed by atoms with van der Waals surface area (Å²) in [5.74, 6) is -2.31. The Kier molecular flexibility index (Phi) is 20.5. The Morgan fingerprint density at radius 3 is 2.46 bits per heavy atom. The van der Waals surface area contributed by atoms with Crippen molar-refractivity contribution in [1.82, 2.24) is 35.1 Å². The smallest absolute Gasteiger partial charge is 0.324 e. The number of aryl methyl sites for hydroxylation is 2. The molecule has 3 N–H and O–H groups in total. The first-order valence-corrected chi connectivity index (χ1v) is 22.6. The van der Waals surface area contributed by atoms with Gasteiger partial charge in [0.25, 0.3) is 5.91 Å². The highest BCUT2D eigenvalue weighted by molar-refractivity contribution is 7.59. The zero-order valence-corrected chi connectivity index (χ0v) is 43.2. The molecule has 2 aromatic carbocycles. The third-order valence-electron chi connectivity index (χ3n) is 12.5. The summed E-state index contributed by atoms with van der Waals surface area (Å²) in [5.41, 5.74) is 10.1. The molecule has 2 aliphatic heterocycles. The molecule has 6 rings (SSSR count). The Labute approximate surface area is 416 Å². The first kappa shape index (κ1) is 56.4. The van der Waals surface area contributed by atoms with Crippen LogP contribution in [0.2, 0.25) is 0 Å². The molecule has 14 nitrogen and oxygen atoms in total. The molecule has 366 valence electrons. The van der Waals surface area contributed by atoms with Crippen LogP contribution in [-0.4, -0.2) is 111 Å². The maximum absolute atomic E-state index is 14.6. The first-order valence-electron chi connectivity index (χ1n) is 22.6. The number of benzene rings is 2. The number of carbonyl (C=O) groups is 5. The summed E-state index contributed by atoms with van der Waals surface area (Å²) in [6.07, 6.45) is 5.84. The second-order valence-electron chi connectivity index (χ2n) is 18.3. The summed E-state index contributed by atoms with van der Waals surface area (Å²) in [4.78, 5) is 75.9. The molecule has 0 spiro atoms. The van der Waals surface area contributed by atoms with Crippen LogP contribution in [0.1, 0.15) is 84.0 Å². The van der Waals surface area contributed by atoms with Crippen molar-refractivity contribution in [2.45, 2.75) is 111 Å². The molecule has 6 bridgehead atoms. The fourth-order valence-corrected chi connectivity index (χ4v) is 9.20. The number of fused-ring (bicyclic) bond motifs is 6. The fourth-order valence-electron chi connectivity index (χ4n) is 9.20. The van der Waals surface area contributed by atoms with E-state index in [4.69, 9.17) is 9.72 Å². The van der Waals surface area contributed by atoms with Crippen LogP contribution in [0.5, 0.6) is 5.75 Å². The van der Waals surface area contributed by atoms with Crippen LogP contribution >= 0.6 is 40.5 Å². The fraction of sp³-hybridized carbons (Fsp3) is 0.480. The number of nitrogens with zero attached hydrogens (tertiary/aromatic N) is 5. The quantitative estimate of drug-likeness (QED) is 0.105. The number of esters is 1. The van der Waals surface area contributed by atoms with E-state index in [2.05, 4.69) is 67.8 Å². The highest BCUT2D eigenvalue weighted by Crippen LogP contribution is 2.41. The third-order valence-corrected chi connectivity index (χ3v) is 12.5. The minimum Gasteiger partial charge on any atom is -0.508 e. The van der Waals surface area contributed by atoms with E-state index in [9.17, 15) is 29.1 Å². The molecule has 0 radical (unpaired) electrons. The number of ether oxygens (including phenoxy) is 1. The van der Waals surface area contributed by atoms with Crippen molar-refractivity contribution >= 4 is 81.0 Å². The number of rotatable bonds is 12. The normalized spacial score (nSPS) is 17.4.